The molecule has 2 aliphatic rings. The quantitative estimate of drug-likeness (QED) is 0.112. The molecule has 12 aromatic rings. The maximum Gasteiger partial charge on any atom is 0.0879 e. The number of rotatable bonds is 9. The van der Waals surface area contributed by atoms with E-state index in [1.807, 2.05) is 0 Å². The van der Waals surface area contributed by atoms with Crippen molar-refractivity contribution in [1.29, 1.82) is 0 Å². The average Bonchev–Trinajstić information content (AvgIpc) is 4.05. The summed E-state index contributed by atoms with van der Waals surface area (Å²) in [4.78, 5) is 2.58. The van der Waals surface area contributed by atoms with Gasteiger partial charge in [0.1, 0.15) is 0 Å². The third-order valence-corrected chi connectivity index (χ3v) is 15.0. The van der Waals surface area contributed by atoms with E-state index in [0.29, 0.717) is 0 Å². The summed E-state index contributed by atoms with van der Waals surface area (Å²) in [5.74, 6) is 0. The maximum absolute atomic E-state index is 7.25. The minimum atomic E-state index is -0.393. The van der Waals surface area contributed by atoms with Gasteiger partial charge in [-0.15, -0.1) is 0 Å². The molecule has 14 rings (SSSR count). The highest BCUT2D eigenvalue weighted by Crippen LogP contribution is 2.44. The molecule has 0 saturated carbocycles. The molecule has 330 valence electrons. The number of aromatic nitrogens is 2. The summed E-state index contributed by atoms with van der Waals surface area (Å²) in [5, 5.41) is 16.4. The van der Waals surface area contributed by atoms with E-state index in [-0.39, 0.29) is 18.2 Å². The zero-order valence-corrected chi connectivity index (χ0v) is 38.1. The molecule has 1 aliphatic heterocycles. The Balaban J connectivity index is 0.926. The third-order valence-electron chi connectivity index (χ3n) is 15.0. The van der Waals surface area contributed by atoms with Gasteiger partial charge in [0.25, 0.3) is 0 Å². The van der Waals surface area contributed by atoms with Crippen molar-refractivity contribution in [3.8, 4) is 16.8 Å². The average molecular weight is 888 g/mol. The van der Waals surface area contributed by atoms with Gasteiger partial charge in [-0.05, 0) is 104 Å². The number of allylic oxidation sites excluding steroid dienone is 2. The van der Waals surface area contributed by atoms with Crippen LogP contribution in [0.5, 0.6) is 0 Å². The molecule has 5 unspecified atom stereocenters. The second-order valence-electron chi connectivity index (χ2n) is 19.1. The summed E-state index contributed by atoms with van der Waals surface area (Å²) in [6.07, 6.45) is 7.59. The normalized spacial score (nSPS) is 17.9. The maximum atomic E-state index is 7.25. The topological polar surface area (TPSA) is 50.9 Å². The van der Waals surface area contributed by atoms with Crippen LogP contribution in [0.1, 0.15) is 35.8 Å². The summed E-state index contributed by atoms with van der Waals surface area (Å²) in [7, 11) is 0. The highest BCUT2D eigenvalue weighted by Gasteiger charge is 2.43. The number of nitrogens with zero attached hydrogens (tertiary/aromatic N) is 3. The van der Waals surface area contributed by atoms with E-state index < -0.39 is 6.17 Å². The molecule has 3 heterocycles. The Labute approximate surface area is 400 Å². The molecule has 2 aromatic heterocycles. The summed E-state index contributed by atoms with van der Waals surface area (Å²) in [5.41, 5.74) is 19.4. The Morgan fingerprint density at radius 2 is 1.16 bits per heavy atom. The van der Waals surface area contributed by atoms with Crippen LogP contribution in [0.25, 0.3) is 92.7 Å². The van der Waals surface area contributed by atoms with E-state index in [0.717, 1.165) is 24.2 Å². The van der Waals surface area contributed by atoms with Gasteiger partial charge in [-0.1, -0.05) is 188 Å². The Hall–Kier alpha value is -8.06. The first-order valence-electron chi connectivity index (χ1n) is 24.3. The molecule has 5 atom stereocenters. The van der Waals surface area contributed by atoms with Gasteiger partial charge in [0.15, 0.2) is 0 Å². The van der Waals surface area contributed by atoms with Crippen molar-refractivity contribution in [3.05, 3.63) is 247 Å². The van der Waals surface area contributed by atoms with Crippen molar-refractivity contribution >= 4 is 75.9 Å². The summed E-state index contributed by atoms with van der Waals surface area (Å²) in [6.45, 7) is 0.925. The van der Waals surface area contributed by atoms with Gasteiger partial charge in [-0.3, -0.25) is 10.2 Å². The third kappa shape index (κ3) is 6.73. The second kappa shape index (κ2) is 16.0. The molecular weight excluding hydrogens is 839 g/mol. The summed E-state index contributed by atoms with van der Waals surface area (Å²) >= 11 is 0. The van der Waals surface area contributed by atoms with Crippen molar-refractivity contribution in [2.75, 3.05) is 6.54 Å². The molecule has 1 fully saturated rings. The van der Waals surface area contributed by atoms with Crippen LogP contribution in [0.2, 0.25) is 0 Å². The van der Waals surface area contributed by atoms with Gasteiger partial charge in [0.2, 0.25) is 0 Å². The first-order valence-corrected chi connectivity index (χ1v) is 24.3. The lowest BCUT2D eigenvalue weighted by Crippen LogP contribution is -2.43. The summed E-state index contributed by atoms with van der Waals surface area (Å²) < 4.78 is 5.12. The van der Waals surface area contributed by atoms with E-state index in [9.17, 15) is 0 Å². The molecule has 5 nitrogen and oxygen atoms in total. The van der Waals surface area contributed by atoms with E-state index in [1.165, 1.54) is 98.2 Å². The molecule has 1 aliphatic carbocycles. The van der Waals surface area contributed by atoms with E-state index >= 15 is 0 Å². The molecule has 0 bridgehead atoms. The summed E-state index contributed by atoms with van der Waals surface area (Å²) in [6, 6.07) is 78.1. The molecule has 1 saturated heterocycles. The highest BCUT2D eigenvalue weighted by molar-refractivity contribution is 6.19. The van der Waals surface area contributed by atoms with Crippen LogP contribution in [0.3, 0.4) is 0 Å². The fraction of sp³-hybridized carbons (Fsp3) is 0.0938. The van der Waals surface area contributed by atoms with E-state index in [1.54, 1.807) is 0 Å². The molecule has 3 N–H and O–H groups in total. The van der Waals surface area contributed by atoms with Crippen LogP contribution in [0.4, 0.5) is 0 Å². The van der Waals surface area contributed by atoms with Crippen molar-refractivity contribution in [1.82, 2.24) is 19.4 Å². The van der Waals surface area contributed by atoms with E-state index in [2.05, 4.69) is 250 Å². The lowest BCUT2D eigenvalue weighted by atomic mass is 9.98. The largest absolute Gasteiger partial charge is 0.333 e. The fourth-order valence-electron chi connectivity index (χ4n) is 11.6. The first-order chi connectivity index (χ1) is 34.1. The number of para-hydroxylation sites is 1. The second-order valence-corrected chi connectivity index (χ2v) is 19.1. The van der Waals surface area contributed by atoms with Gasteiger partial charge in [-0.25, -0.2) is 0 Å². The minimum Gasteiger partial charge on any atom is -0.333 e. The lowest BCUT2D eigenvalue weighted by molar-refractivity contribution is 0.320. The molecule has 69 heavy (non-hydrogen) atoms. The number of fused-ring (bicyclic) bond motifs is 10. The minimum absolute atomic E-state index is 0.0430. The Kier molecular flexibility index (Phi) is 9.31. The number of nitrogens with two attached hydrogens (primary N) is 1. The molecule has 10 aromatic carbocycles. The number of hydrogen-bond acceptors (Lipinski definition) is 3. The van der Waals surface area contributed by atoms with Crippen molar-refractivity contribution in [3.63, 3.8) is 0 Å². The Morgan fingerprint density at radius 1 is 0.493 bits per heavy atom. The van der Waals surface area contributed by atoms with Crippen LogP contribution < -0.4 is 11.1 Å². The van der Waals surface area contributed by atoms with Gasteiger partial charge in [0.05, 0.1) is 40.4 Å². The van der Waals surface area contributed by atoms with Gasteiger partial charge in [0, 0.05) is 45.2 Å². The Bertz CT molecular complexity index is 4060. The Morgan fingerprint density at radius 3 is 2.01 bits per heavy atom. The zero-order chi connectivity index (χ0) is 45.6. The van der Waals surface area contributed by atoms with Crippen LogP contribution >= 0.6 is 0 Å². The van der Waals surface area contributed by atoms with Crippen LogP contribution in [0.15, 0.2) is 236 Å². The molecule has 0 radical (unpaired) electrons. The molecular formula is C64H49N5. The fourth-order valence-corrected chi connectivity index (χ4v) is 11.6. The monoisotopic (exact) mass is 887 g/mol. The number of benzene rings is 10. The van der Waals surface area contributed by atoms with Crippen LogP contribution in [0, 0.1) is 0 Å². The lowest BCUT2D eigenvalue weighted by Gasteiger charge is -2.30. The number of nitrogens with one attached hydrogen (secondary N) is 1. The van der Waals surface area contributed by atoms with Gasteiger partial charge < -0.3 is 14.9 Å². The SMILES string of the molecule is NC(NC(C1=CC(n2c3cc(-n4c5ccccc5c5ccc6ccccc6c54)ccc3c3cc4ccccc4cc32)CC=C1)N1CC1c1cccc(-c2ccccc2)c1)c1ccc2ccccc2c1. The molecule has 0 spiro atoms. The molecule has 0 amide bonds. The van der Waals surface area contributed by atoms with E-state index in [4.69, 9.17) is 5.73 Å². The predicted molar refractivity (Wildman–Crippen MR) is 289 cm³/mol. The van der Waals surface area contributed by atoms with Crippen molar-refractivity contribution in [2.24, 2.45) is 5.73 Å². The van der Waals surface area contributed by atoms with Crippen molar-refractivity contribution < 1.29 is 0 Å². The van der Waals surface area contributed by atoms with Gasteiger partial charge >= 0.3 is 0 Å². The molecule has 5 heteroatoms. The first kappa shape index (κ1) is 40.0. The smallest absolute Gasteiger partial charge is 0.0879 e. The van der Waals surface area contributed by atoms with Crippen molar-refractivity contribution in [2.45, 2.75) is 30.8 Å². The zero-order valence-electron chi connectivity index (χ0n) is 38.1. The number of hydrogen-bond donors (Lipinski definition) is 2. The highest BCUT2D eigenvalue weighted by atomic mass is 15.4. The predicted octanol–water partition coefficient (Wildman–Crippen LogP) is 15.1. The van der Waals surface area contributed by atoms with Crippen LogP contribution in [-0.4, -0.2) is 26.7 Å². The van der Waals surface area contributed by atoms with Gasteiger partial charge in [-0.2, -0.15) is 0 Å². The standard InChI is InChI=1S/C64H49N5/c65-63(49-29-28-42-16-4-5-18-44(42)35-49)66-64(67-40-61(67)48-22-12-21-45(34-48)41-14-2-1-3-15-41)50-23-13-24-51(36-50)68-59-38-47-20-7-6-19-46(47)37-57(59)55-33-31-52(39-60(55)68)69-58-27-11-10-26-54(58)56-32-30-43-17-8-9-25-53(43)62(56)69/h1-23,25-39,51,61,63-64,66H,24,40,65H2. The van der Waals surface area contributed by atoms with Crippen LogP contribution in [-0.2, 0) is 0 Å².